The molecular formula is C35H47N3O5. The molecule has 0 saturated heterocycles. The van der Waals surface area contributed by atoms with Crippen molar-refractivity contribution >= 4 is 34.6 Å². The zero-order chi connectivity index (χ0) is 31.2. The van der Waals surface area contributed by atoms with E-state index in [4.69, 9.17) is 4.74 Å². The average molecular weight is 590 g/mol. The molecule has 0 saturated carbocycles. The van der Waals surface area contributed by atoms with Crippen molar-refractivity contribution in [3.05, 3.63) is 65.4 Å². The quantitative estimate of drug-likeness (QED) is 0.112. The van der Waals surface area contributed by atoms with Gasteiger partial charge in [0.1, 0.15) is 5.75 Å². The van der Waals surface area contributed by atoms with Crippen molar-refractivity contribution in [2.45, 2.75) is 91.4 Å². The third kappa shape index (κ3) is 10.4. The van der Waals surface area contributed by atoms with Gasteiger partial charge >= 0.3 is 5.97 Å². The summed E-state index contributed by atoms with van der Waals surface area (Å²) in [5, 5.41) is 3.75. The van der Waals surface area contributed by atoms with E-state index < -0.39 is 5.97 Å². The minimum absolute atomic E-state index is 0.0486. The van der Waals surface area contributed by atoms with Crippen molar-refractivity contribution in [3.8, 4) is 5.75 Å². The third-order valence-corrected chi connectivity index (χ3v) is 7.79. The minimum atomic E-state index is -0.431. The van der Waals surface area contributed by atoms with Gasteiger partial charge in [0.2, 0.25) is 17.7 Å². The van der Waals surface area contributed by atoms with E-state index in [0.29, 0.717) is 37.1 Å². The number of nitrogens with one attached hydrogen (secondary N) is 1. The maximum Gasteiger partial charge on any atom is 0.308 e. The van der Waals surface area contributed by atoms with Crippen LogP contribution in [0.5, 0.6) is 5.75 Å². The van der Waals surface area contributed by atoms with Gasteiger partial charge < -0.3 is 15.0 Å². The highest BCUT2D eigenvalue weighted by Gasteiger charge is 2.21. The maximum absolute atomic E-state index is 13.4. The molecule has 0 radical (unpaired) electrons. The smallest absolute Gasteiger partial charge is 0.308 e. The molecule has 8 nitrogen and oxygen atoms in total. The van der Waals surface area contributed by atoms with Gasteiger partial charge in [0.25, 0.3) is 0 Å². The summed E-state index contributed by atoms with van der Waals surface area (Å²) in [5.74, 6) is 0.00441. The van der Waals surface area contributed by atoms with E-state index in [1.165, 1.54) is 6.92 Å². The molecule has 0 aliphatic rings. The Hall–Kier alpha value is -3.94. The zero-order valence-corrected chi connectivity index (χ0v) is 26.2. The van der Waals surface area contributed by atoms with E-state index >= 15 is 0 Å². The van der Waals surface area contributed by atoms with Crippen molar-refractivity contribution in [1.82, 2.24) is 14.8 Å². The molecule has 43 heavy (non-hydrogen) atoms. The predicted octanol–water partition coefficient (Wildman–Crippen LogP) is 6.41. The number of ether oxygens (including phenoxy) is 1. The lowest BCUT2D eigenvalue weighted by atomic mass is 10.1. The van der Waals surface area contributed by atoms with Crippen molar-refractivity contribution in [2.24, 2.45) is 0 Å². The number of rotatable bonds is 17. The standard InChI is InChI=1S/C35H47N3O5/c1-5-6-23-37(4)34(41)17-13-8-7-9-14-22-36-33(40)25-30-26(2)38(35(42)21-18-28-15-11-10-12-16-28)32-20-19-29(24-31(30)32)43-27(3)39/h10-12,15-16,19-20,24H,5-9,13-14,17-18,21-23,25H2,1-4H3,(H,36,40). The number of esters is 1. The Morgan fingerprint density at radius 2 is 1.63 bits per heavy atom. The first kappa shape index (κ1) is 33.6. The number of carbonyl (C=O) groups excluding carboxylic acids is 4. The van der Waals surface area contributed by atoms with Gasteiger partial charge in [0, 0.05) is 51.0 Å². The zero-order valence-electron chi connectivity index (χ0n) is 26.2. The van der Waals surface area contributed by atoms with Crippen molar-refractivity contribution in [3.63, 3.8) is 0 Å². The summed E-state index contributed by atoms with van der Waals surface area (Å²) in [6, 6.07) is 15.1. The van der Waals surface area contributed by atoms with Crippen molar-refractivity contribution < 1.29 is 23.9 Å². The van der Waals surface area contributed by atoms with Gasteiger partial charge in [-0.3, -0.25) is 23.7 Å². The fourth-order valence-corrected chi connectivity index (χ4v) is 5.34. The van der Waals surface area contributed by atoms with E-state index in [-0.39, 0.29) is 24.1 Å². The molecule has 1 heterocycles. The summed E-state index contributed by atoms with van der Waals surface area (Å²) in [6.07, 6.45) is 8.57. The summed E-state index contributed by atoms with van der Waals surface area (Å²) in [6.45, 7) is 6.73. The summed E-state index contributed by atoms with van der Waals surface area (Å²) >= 11 is 0. The van der Waals surface area contributed by atoms with E-state index in [9.17, 15) is 19.2 Å². The molecule has 0 unspecified atom stereocenters. The van der Waals surface area contributed by atoms with Gasteiger partial charge in [-0.15, -0.1) is 0 Å². The van der Waals surface area contributed by atoms with Crippen LogP contribution >= 0.6 is 0 Å². The predicted molar refractivity (Wildman–Crippen MR) is 170 cm³/mol. The molecule has 0 bridgehead atoms. The lowest BCUT2D eigenvalue weighted by Gasteiger charge is -2.16. The van der Waals surface area contributed by atoms with Crippen LogP contribution in [0.1, 0.15) is 93.3 Å². The second kappa shape index (κ2) is 17.2. The van der Waals surface area contributed by atoms with Crippen LogP contribution in [0.25, 0.3) is 10.9 Å². The van der Waals surface area contributed by atoms with E-state index in [1.54, 1.807) is 22.8 Å². The fraction of sp³-hybridized carbons (Fsp3) is 0.486. The van der Waals surface area contributed by atoms with Crippen LogP contribution in [0.15, 0.2) is 48.5 Å². The maximum atomic E-state index is 13.4. The molecule has 0 fully saturated rings. The van der Waals surface area contributed by atoms with E-state index in [2.05, 4.69) is 12.2 Å². The second-order valence-corrected chi connectivity index (χ2v) is 11.3. The Morgan fingerprint density at radius 3 is 2.35 bits per heavy atom. The number of unbranched alkanes of at least 4 members (excludes halogenated alkanes) is 5. The van der Waals surface area contributed by atoms with Crippen molar-refractivity contribution in [2.75, 3.05) is 20.1 Å². The Balaban J connectivity index is 1.55. The Kier molecular flexibility index (Phi) is 13.5. The molecule has 3 rings (SSSR count). The van der Waals surface area contributed by atoms with Gasteiger partial charge in [-0.05, 0) is 61.9 Å². The van der Waals surface area contributed by atoms with Crippen LogP contribution < -0.4 is 10.1 Å². The fourth-order valence-electron chi connectivity index (χ4n) is 5.34. The minimum Gasteiger partial charge on any atom is -0.427 e. The highest BCUT2D eigenvalue weighted by molar-refractivity contribution is 5.99. The van der Waals surface area contributed by atoms with Gasteiger partial charge in [-0.25, -0.2) is 0 Å². The SMILES string of the molecule is CCCCN(C)C(=O)CCCCCCCNC(=O)Cc1c(C)n(C(=O)CCc2ccccc2)c2ccc(OC(C)=O)cc12. The molecule has 1 aromatic heterocycles. The first-order valence-electron chi connectivity index (χ1n) is 15.6. The molecule has 0 aliphatic carbocycles. The van der Waals surface area contributed by atoms with Crippen LogP contribution in [0.2, 0.25) is 0 Å². The third-order valence-electron chi connectivity index (χ3n) is 7.79. The van der Waals surface area contributed by atoms with E-state index in [1.807, 2.05) is 49.2 Å². The molecule has 232 valence electrons. The molecule has 2 amide bonds. The first-order valence-corrected chi connectivity index (χ1v) is 15.6. The Morgan fingerprint density at radius 1 is 0.907 bits per heavy atom. The van der Waals surface area contributed by atoms with Crippen LogP contribution in [0.3, 0.4) is 0 Å². The number of carbonyl (C=O) groups is 4. The molecule has 3 aromatic rings. The molecule has 0 atom stereocenters. The highest BCUT2D eigenvalue weighted by atomic mass is 16.5. The first-order chi connectivity index (χ1) is 20.7. The summed E-state index contributed by atoms with van der Waals surface area (Å²) in [7, 11) is 1.88. The number of hydrogen-bond donors (Lipinski definition) is 1. The number of amides is 2. The molecule has 1 N–H and O–H groups in total. The number of benzene rings is 2. The lowest BCUT2D eigenvalue weighted by molar-refractivity contribution is -0.132. The normalized spacial score (nSPS) is 11.0. The summed E-state index contributed by atoms with van der Waals surface area (Å²) in [4.78, 5) is 51.9. The molecule has 8 heteroatoms. The van der Waals surface area contributed by atoms with Crippen molar-refractivity contribution in [1.29, 1.82) is 0 Å². The van der Waals surface area contributed by atoms with Crippen LogP contribution in [-0.4, -0.2) is 53.3 Å². The van der Waals surface area contributed by atoms with E-state index in [0.717, 1.165) is 73.7 Å². The number of fused-ring (bicyclic) bond motifs is 1. The lowest BCUT2D eigenvalue weighted by Crippen LogP contribution is -2.27. The number of nitrogens with zero attached hydrogens (tertiary/aromatic N) is 2. The average Bonchev–Trinajstić information content (AvgIpc) is 3.26. The van der Waals surface area contributed by atoms with Crippen LogP contribution in [0.4, 0.5) is 0 Å². The molecule has 0 spiro atoms. The van der Waals surface area contributed by atoms with Gasteiger partial charge in [-0.2, -0.15) is 0 Å². The van der Waals surface area contributed by atoms with Gasteiger partial charge in [0.05, 0.1) is 11.9 Å². The molecule has 0 aliphatic heterocycles. The number of hydrogen-bond acceptors (Lipinski definition) is 5. The largest absolute Gasteiger partial charge is 0.427 e. The highest BCUT2D eigenvalue weighted by Crippen LogP contribution is 2.30. The number of aryl methyl sites for hydroxylation is 1. The van der Waals surface area contributed by atoms with Gasteiger partial charge in [0.15, 0.2) is 0 Å². The Bertz CT molecular complexity index is 1380. The Labute approximate surface area is 255 Å². The van der Waals surface area contributed by atoms with Crippen LogP contribution in [0, 0.1) is 6.92 Å². The monoisotopic (exact) mass is 589 g/mol. The molecular weight excluding hydrogens is 542 g/mol. The second-order valence-electron chi connectivity index (χ2n) is 11.3. The topological polar surface area (TPSA) is 97.7 Å². The van der Waals surface area contributed by atoms with Crippen LogP contribution in [-0.2, 0) is 27.2 Å². The molecule has 2 aromatic carbocycles. The number of aromatic nitrogens is 1. The summed E-state index contributed by atoms with van der Waals surface area (Å²) in [5.41, 5.74) is 3.26. The summed E-state index contributed by atoms with van der Waals surface area (Å²) < 4.78 is 6.99. The van der Waals surface area contributed by atoms with Gasteiger partial charge in [-0.1, -0.05) is 62.9 Å².